The highest BCUT2D eigenvalue weighted by molar-refractivity contribution is 7.25. The molecule has 1 atom stereocenters. The van der Waals surface area contributed by atoms with Gasteiger partial charge in [0.05, 0.1) is 0 Å². The molecule has 0 amide bonds. The predicted molar refractivity (Wildman–Crippen MR) is 270 cm³/mol. The van der Waals surface area contributed by atoms with E-state index < -0.39 is 0 Å². The zero-order chi connectivity index (χ0) is 42.1. The first-order valence-corrected chi connectivity index (χ1v) is 22.5. The summed E-state index contributed by atoms with van der Waals surface area (Å²) in [5.74, 6) is 1.49. The summed E-state index contributed by atoms with van der Waals surface area (Å²) in [6.07, 6.45) is -0.355. The highest BCUT2D eigenvalue weighted by Gasteiger charge is 2.25. The number of aliphatic imine (C=N–C) groups is 2. The fourth-order valence-corrected chi connectivity index (χ4v) is 10.7. The van der Waals surface area contributed by atoms with E-state index in [9.17, 15) is 0 Å². The van der Waals surface area contributed by atoms with Gasteiger partial charge in [0.2, 0.25) is 0 Å². The summed E-state index contributed by atoms with van der Waals surface area (Å²) < 4.78 is 9.25. The first kappa shape index (κ1) is 36.5. The summed E-state index contributed by atoms with van der Waals surface area (Å²) in [4.78, 5) is 10.6. The number of para-hydroxylation sites is 1. The van der Waals surface area contributed by atoms with Crippen molar-refractivity contribution >= 4 is 86.7 Å². The molecule has 2 aromatic heterocycles. The lowest BCUT2D eigenvalue weighted by Gasteiger charge is -2.24. The van der Waals surface area contributed by atoms with Crippen molar-refractivity contribution < 1.29 is 4.42 Å². The SMILES string of the molecule is c1ccc(-c2ccc(C3=NC(c4cccc5sc6ccccc6c45)NC(c4ccc5ccc(-c6cccc7oc8c(-c9ccc%10ccccc%10c9)cccc8c67)cc5c4)=N3)cc2)cc1. The van der Waals surface area contributed by atoms with Gasteiger partial charge in [-0.1, -0.05) is 176 Å². The Morgan fingerprint density at radius 1 is 0.422 bits per heavy atom. The van der Waals surface area contributed by atoms with Crippen molar-refractivity contribution in [2.24, 2.45) is 9.98 Å². The molecule has 4 nitrogen and oxygen atoms in total. The van der Waals surface area contributed by atoms with Crippen molar-refractivity contribution in [2.75, 3.05) is 0 Å². The summed E-state index contributed by atoms with van der Waals surface area (Å²) in [5, 5.41) is 13.2. The Hall–Kier alpha value is -8.12. The average Bonchev–Trinajstić information content (AvgIpc) is 3.95. The fraction of sp³-hybridized carbons (Fsp3) is 0.0169. The van der Waals surface area contributed by atoms with Crippen LogP contribution in [0.1, 0.15) is 22.9 Å². The lowest BCUT2D eigenvalue weighted by atomic mass is 9.95. The number of furan rings is 1. The largest absolute Gasteiger partial charge is 0.455 e. The van der Waals surface area contributed by atoms with E-state index in [1.54, 1.807) is 0 Å². The lowest BCUT2D eigenvalue weighted by molar-refractivity contribution is 0.670. The minimum Gasteiger partial charge on any atom is -0.455 e. The van der Waals surface area contributed by atoms with Crippen molar-refractivity contribution in [2.45, 2.75) is 6.17 Å². The average molecular weight is 836 g/mol. The highest BCUT2D eigenvalue weighted by Crippen LogP contribution is 2.42. The van der Waals surface area contributed by atoms with Crippen molar-refractivity contribution in [3.8, 4) is 33.4 Å². The Morgan fingerprint density at radius 2 is 1.03 bits per heavy atom. The van der Waals surface area contributed by atoms with Crippen LogP contribution >= 0.6 is 11.3 Å². The van der Waals surface area contributed by atoms with Gasteiger partial charge in [0.1, 0.15) is 23.2 Å². The van der Waals surface area contributed by atoms with Crippen LogP contribution in [0.4, 0.5) is 0 Å². The molecule has 300 valence electrons. The minimum absolute atomic E-state index is 0.355. The standard InChI is InChI=1S/C59H37N3OS/c1-2-11-36(12-3-1)38-23-28-40(29-24-38)57-60-58(62-59(61-57)50-19-10-22-53-55(50)48-15-6-7-21-52(48)64-53)44-32-27-39-26-30-42(34-45(39)35-44)46-16-9-20-51-54(46)49-18-8-17-47(56(49)63-51)43-31-25-37-13-4-5-14-41(37)33-43/h1-35,59H,(H,60,61,62). The molecular weight excluding hydrogens is 799 g/mol. The number of thiophene rings is 1. The Kier molecular flexibility index (Phi) is 8.43. The number of rotatable bonds is 6. The molecule has 0 radical (unpaired) electrons. The lowest BCUT2D eigenvalue weighted by Crippen LogP contribution is -2.33. The zero-order valence-corrected chi connectivity index (χ0v) is 35.3. The fourth-order valence-electron chi connectivity index (χ4n) is 9.59. The van der Waals surface area contributed by atoms with Crippen molar-refractivity contribution in [1.29, 1.82) is 0 Å². The molecule has 0 spiro atoms. The van der Waals surface area contributed by atoms with Gasteiger partial charge in [-0.15, -0.1) is 11.3 Å². The van der Waals surface area contributed by atoms with Gasteiger partial charge in [0.25, 0.3) is 0 Å². The molecule has 3 heterocycles. The van der Waals surface area contributed by atoms with E-state index in [-0.39, 0.29) is 6.17 Å². The number of nitrogens with one attached hydrogen (secondary N) is 1. The zero-order valence-electron chi connectivity index (χ0n) is 34.5. The summed E-state index contributed by atoms with van der Waals surface area (Å²) in [5.41, 5.74) is 11.7. The molecule has 0 aliphatic carbocycles. The van der Waals surface area contributed by atoms with E-state index in [1.807, 2.05) is 17.4 Å². The Morgan fingerprint density at radius 3 is 1.91 bits per heavy atom. The molecule has 0 saturated carbocycles. The van der Waals surface area contributed by atoms with Gasteiger partial charge in [-0.3, -0.25) is 0 Å². The van der Waals surface area contributed by atoms with Crippen molar-refractivity contribution in [1.82, 2.24) is 5.32 Å². The minimum atomic E-state index is -0.355. The van der Waals surface area contributed by atoms with Crippen molar-refractivity contribution in [3.05, 3.63) is 229 Å². The number of fused-ring (bicyclic) bond motifs is 8. The normalized spacial score (nSPS) is 14.1. The van der Waals surface area contributed by atoms with Crippen LogP contribution < -0.4 is 5.32 Å². The molecule has 1 aliphatic rings. The van der Waals surface area contributed by atoms with Gasteiger partial charge in [-0.2, -0.15) is 0 Å². The van der Waals surface area contributed by atoms with E-state index in [0.717, 1.165) is 83.1 Å². The molecule has 64 heavy (non-hydrogen) atoms. The van der Waals surface area contributed by atoms with Gasteiger partial charge < -0.3 is 9.73 Å². The maximum atomic E-state index is 6.73. The van der Waals surface area contributed by atoms with E-state index in [0.29, 0.717) is 5.84 Å². The monoisotopic (exact) mass is 835 g/mol. The van der Waals surface area contributed by atoms with Crippen LogP contribution in [-0.4, -0.2) is 11.7 Å². The maximum absolute atomic E-state index is 6.73. The molecule has 12 aromatic rings. The predicted octanol–water partition coefficient (Wildman–Crippen LogP) is 15.8. The number of amidine groups is 2. The second kappa shape index (κ2) is 14.8. The maximum Gasteiger partial charge on any atom is 0.159 e. The number of nitrogens with zero attached hydrogens (tertiary/aromatic N) is 2. The molecule has 0 fully saturated rings. The van der Waals surface area contributed by atoms with Gasteiger partial charge in [-0.05, 0) is 85.8 Å². The van der Waals surface area contributed by atoms with Gasteiger partial charge >= 0.3 is 0 Å². The summed E-state index contributed by atoms with van der Waals surface area (Å²) in [6, 6.07) is 75.7. The van der Waals surface area contributed by atoms with Gasteiger partial charge in [0, 0.05) is 53.2 Å². The first-order chi connectivity index (χ1) is 31.7. The molecule has 10 aromatic carbocycles. The molecule has 1 unspecified atom stereocenters. The molecule has 0 saturated heterocycles. The molecule has 13 rings (SSSR count). The third kappa shape index (κ3) is 6.12. The Bertz CT molecular complexity index is 3880. The van der Waals surface area contributed by atoms with Crippen LogP contribution in [0.15, 0.2) is 227 Å². The second-order valence-corrected chi connectivity index (χ2v) is 17.6. The third-order valence-electron chi connectivity index (χ3n) is 12.7. The van der Waals surface area contributed by atoms with Crippen LogP contribution in [0.5, 0.6) is 0 Å². The Balaban J connectivity index is 0.918. The summed E-state index contributed by atoms with van der Waals surface area (Å²) in [6.45, 7) is 0. The summed E-state index contributed by atoms with van der Waals surface area (Å²) >= 11 is 1.82. The summed E-state index contributed by atoms with van der Waals surface area (Å²) in [7, 11) is 0. The Labute approximate surface area is 373 Å². The second-order valence-electron chi connectivity index (χ2n) is 16.5. The highest BCUT2D eigenvalue weighted by atomic mass is 32.1. The van der Waals surface area contributed by atoms with Crippen molar-refractivity contribution in [3.63, 3.8) is 0 Å². The van der Waals surface area contributed by atoms with Crippen LogP contribution in [-0.2, 0) is 0 Å². The number of hydrogen-bond acceptors (Lipinski definition) is 5. The number of benzene rings is 10. The quantitative estimate of drug-likeness (QED) is 0.181. The van der Waals surface area contributed by atoms with Gasteiger partial charge in [0.15, 0.2) is 5.84 Å². The van der Waals surface area contributed by atoms with Crippen LogP contribution in [0, 0.1) is 0 Å². The van der Waals surface area contributed by atoms with E-state index in [2.05, 4.69) is 212 Å². The van der Waals surface area contributed by atoms with Crippen LogP contribution in [0.25, 0.3) is 97.0 Å². The molecular formula is C59H37N3OS. The molecule has 1 N–H and O–H groups in total. The van der Waals surface area contributed by atoms with Crippen LogP contribution in [0.3, 0.4) is 0 Å². The molecule has 5 heteroatoms. The first-order valence-electron chi connectivity index (χ1n) is 21.7. The molecule has 0 bridgehead atoms. The van der Waals surface area contributed by atoms with Crippen LogP contribution in [0.2, 0.25) is 0 Å². The smallest absolute Gasteiger partial charge is 0.159 e. The molecule has 1 aliphatic heterocycles. The number of hydrogen-bond donors (Lipinski definition) is 1. The van der Waals surface area contributed by atoms with E-state index in [1.165, 1.54) is 36.5 Å². The topological polar surface area (TPSA) is 49.9 Å². The van der Waals surface area contributed by atoms with E-state index in [4.69, 9.17) is 14.4 Å². The van der Waals surface area contributed by atoms with Gasteiger partial charge in [-0.25, -0.2) is 9.98 Å². The van der Waals surface area contributed by atoms with E-state index >= 15 is 0 Å². The third-order valence-corrected chi connectivity index (χ3v) is 13.9.